The average Bonchev–Trinajstić information content (AvgIpc) is 2.85. The molecule has 34 heavy (non-hydrogen) atoms. The zero-order chi connectivity index (χ0) is 24.7. The molecule has 0 saturated carbocycles. The van der Waals surface area contributed by atoms with Crippen molar-refractivity contribution >= 4 is 41.9 Å². The third kappa shape index (κ3) is 6.09. The van der Waals surface area contributed by atoms with Crippen LogP contribution in [0.25, 0.3) is 0 Å². The predicted molar refractivity (Wildman–Crippen MR) is 124 cm³/mol. The SMILES string of the molecule is CC(=O)N(C(=O)C(Cc1ccccc1)NC(=O)c1ccccc1)c1ccc([As](=O)(O)OO)cc1. The van der Waals surface area contributed by atoms with E-state index >= 15 is 0 Å². The number of benzene rings is 3. The van der Waals surface area contributed by atoms with Gasteiger partial charge in [-0.15, -0.1) is 0 Å². The summed E-state index contributed by atoms with van der Waals surface area (Å²) >= 11 is -5.10. The van der Waals surface area contributed by atoms with Gasteiger partial charge in [-0.25, -0.2) is 0 Å². The summed E-state index contributed by atoms with van der Waals surface area (Å²) in [5.41, 5.74) is 1.26. The summed E-state index contributed by atoms with van der Waals surface area (Å²) in [6.45, 7) is 1.20. The van der Waals surface area contributed by atoms with Crippen LogP contribution in [0.4, 0.5) is 5.69 Å². The number of nitrogens with zero attached hydrogens (tertiary/aromatic N) is 1. The van der Waals surface area contributed by atoms with E-state index in [1.165, 1.54) is 31.2 Å². The molecular weight excluding hydrogens is 503 g/mol. The maximum atomic E-state index is 13.5. The minimum absolute atomic E-state index is 0.127. The fourth-order valence-electron chi connectivity index (χ4n) is 3.34. The van der Waals surface area contributed by atoms with E-state index in [9.17, 15) is 22.2 Å². The number of hydrogen-bond acceptors (Lipinski definition) is 6. The van der Waals surface area contributed by atoms with Crippen molar-refractivity contribution in [1.29, 1.82) is 0 Å². The van der Waals surface area contributed by atoms with Crippen LogP contribution in [0.15, 0.2) is 84.9 Å². The van der Waals surface area contributed by atoms with Crippen LogP contribution >= 0.6 is 0 Å². The zero-order valence-corrected chi connectivity index (χ0v) is 20.1. The number of hydrogen-bond donors (Lipinski definition) is 3. The second-order valence-corrected chi connectivity index (χ2v) is 11.0. The van der Waals surface area contributed by atoms with Crippen LogP contribution in [0.3, 0.4) is 0 Å². The molecule has 9 nitrogen and oxygen atoms in total. The van der Waals surface area contributed by atoms with Gasteiger partial charge in [0, 0.05) is 0 Å². The molecule has 2 atom stereocenters. The summed E-state index contributed by atoms with van der Waals surface area (Å²) in [5.74, 6) is -1.76. The molecule has 10 heteroatoms. The normalized spacial score (nSPS) is 13.4. The van der Waals surface area contributed by atoms with Crippen molar-refractivity contribution in [3.8, 4) is 0 Å². The van der Waals surface area contributed by atoms with Gasteiger partial charge in [-0.05, 0) is 0 Å². The first kappa shape index (κ1) is 25.1. The fraction of sp³-hybridized carbons (Fsp3) is 0.125. The van der Waals surface area contributed by atoms with Gasteiger partial charge in [0.1, 0.15) is 0 Å². The Morgan fingerprint density at radius 1 is 0.941 bits per heavy atom. The summed E-state index contributed by atoms with van der Waals surface area (Å²) in [4.78, 5) is 39.7. The summed E-state index contributed by atoms with van der Waals surface area (Å²) in [6.07, 6.45) is 0.132. The van der Waals surface area contributed by atoms with Crippen LogP contribution in [0, 0.1) is 0 Å². The molecule has 176 valence electrons. The van der Waals surface area contributed by atoms with Gasteiger partial charge in [0.2, 0.25) is 0 Å². The molecule has 0 aliphatic rings. The molecule has 0 aliphatic heterocycles. The minimum atomic E-state index is -5.10. The summed E-state index contributed by atoms with van der Waals surface area (Å²) < 4.78 is 25.0. The number of carbonyl (C=O) groups is 3. The monoisotopic (exact) mass is 526 g/mol. The molecular formula is C24H23AsN2O7. The Balaban J connectivity index is 1.93. The maximum absolute atomic E-state index is 13.5. The van der Waals surface area contributed by atoms with Crippen molar-refractivity contribution in [2.45, 2.75) is 19.4 Å². The molecule has 3 amide bonds. The molecule has 2 unspecified atom stereocenters. The Labute approximate surface area is 198 Å². The number of carbonyl (C=O) groups excluding carboxylic acids is 3. The fourth-order valence-corrected chi connectivity index (χ4v) is 4.64. The molecule has 3 aromatic carbocycles. The van der Waals surface area contributed by atoms with Gasteiger partial charge in [0.15, 0.2) is 0 Å². The second-order valence-electron chi connectivity index (χ2n) is 7.39. The van der Waals surface area contributed by atoms with Crippen LogP contribution in [0.2, 0.25) is 0 Å². The van der Waals surface area contributed by atoms with Gasteiger partial charge in [0.05, 0.1) is 0 Å². The van der Waals surface area contributed by atoms with Crippen LogP contribution in [0.5, 0.6) is 0 Å². The molecule has 0 aliphatic carbocycles. The predicted octanol–water partition coefficient (Wildman–Crippen LogP) is 1.67. The molecule has 3 N–H and O–H groups in total. The first-order valence-corrected chi connectivity index (χ1v) is 13.5. The van der Waals surface area contributed by atoms with Crippen LogP contribution in [0.1, 0.15) is 22.8 Å². The Morgan fingerprint density at radius 2 is 1.50 bits per heavy atom. The van der Waals surface area contributed by atoms with E-state index in [1.54, 1.807) is 54.6 Å². The third-order valence-electron chi connectivity index (χ3n) is 5.00. The zero-order valence-electron chi connectivity index (χ0n) is 18.2. The van der Waals surface area contributed by atoms with E-state index in [1.807, 2.05) is 6.07 Å². The van der Waals surface area contributed by atoms with E-state index in [-0.39, 0.29) is 16.5 Å². The molecule has 0 fully saturated rings. The van der Waals surface area contributed by atoms with Crippen LogP contribution in [-0.2, 0) is 23.6 Å². The number of anilines is 1. The Morgan fingerprint density at radius 3 is 2.03 bits per heavy atom. The van der Waals surface area contributed by atoms with Crippen molar-refractivity contribution in [3.63, 3.8) is 0 Å². The molecule has 3 aromatic rings. The molecule has 0 bridgehead atoms. The summed E-state index contributed by atoms with van der Waals surface area (Å²) in [5, 5.41) is 11.4. The first-order valence-electron chi connectivity index (χ1n) is 10.2. The van der Waals surface area contributed by atoms with Crippen molar-refractivity contribution in [2.24, 2.45) is 0 Å². The van der Waals surface area contributed by atoms with Gasteiger partial charge >= 0.3 is 193 Å². The summed E-state index contributed by atoms with van der Waals surface area (Å²) in [7, 11) is 0. The molecule has 3 rings (SSSR count). The van der Waals surface area contributed by atoms with Gasteiger partial charge in [-0.2, -0.15) is 0 Å². The van der Waals surface area contributed by atoms with Gasteiger partial charge in [-0.1, -0.05) is 6.07 Å². The average molecular weight is 526 g/mol. The van der Waals surface area contributed by atoms with E-state index in [0.717, 1.165) is 10.5 Å². The van der Waals surface area contributed by atoms with Gasteiger partial charge in [-0.3, -0.25) is 0 Å². The number of amides is 3. The topological polar surface area (TPSA) is 133 Å². The third-order valence-corrected chi connectivity index (χ3v) is 7.46. The quantitative estimate of drug-likeness (QED) is 0.231. The van der Waals surface area contributed by atoms with Crippen molar-refractivity contribution in [1.82, 2.24) is 5.32 Å². The van der Waals surface area contributed by atoms with Gasteiger partial charge < -0.3 is 0 Å². The number of rotatable bonds is 8. The van der Waals surface area contributed by atoms with Crippen molar-refractivity contribution in [3.05, 3.63) is 96.1 Å². The van der Waals surface area contributed by atoms with E-state index in [2.05, 4.69) is 9.19 Å². The standard InChI is InChI=1S/C24H23AsN2O7/c1-17(28)27(21-14-12-20(13-15-21)25(31,32)34-33)24(30)22(16-18-8-4-2-5-9-18)26-23(29)19-10-6-3-7-11-19/h2-15,22,33H,16H2,1H3,(H,26,29)(H,31,32). The molecule has 0 saturated heterocycles. The van der Waals surface area contributed by atoms with Crippen LogP contribution in [-0.4, -0.2) is 47.3 Å². The summed E-state index contributed by atoms with van der Waals surface area (Å²) in [6, 6.07) is 21.3. The molecule has 0 spiro atoms. The van der Waals surface area contributed by atoms with Crippen molar-refractivity contribution in [2.75, 3.05) is 4.90 Å². The number of nitrogens with one attached hydrogen (secondary N) is 1. The Kier molecular flexibility index (Phi) is 8.20. The molecule has 0 aromatic heterocycles. The molecule has 0 radical (unpaired) electrons. The second kappa shape index (κ2) is 11.1. The number of imide groups is 1. The Hall–Kier alpha value is -3.49. The molecule has 0 heterocycles. The Bertz CT molecular complexity index is 1200. The van der Waals surface area contributed by atoms with Gasteiger partial charge in [0.25, 0.3) is 0 Å². The van der Waals surface area contributed by atoms with E-state index in [4.69, 9.17) is 5.26 Å². The first-order chi connectivity index (χ1) is 16.2. The van der Waals surface area contributed by atoms with E-state index < -0.39 is 37.9 Å². The van der Waals surface area contributed by atoms with E-state index in [0.29, 0.717) is 5.56 Å². The van der Waals surface area contributed by atoms with Crippen LogP contribution < -0.4 is 14.6 Å². The van der Waals surface area contributed by atoms with Crippen molar-refractivity contribution < 1.29 is 31.4 Å².